The minimum Gasteiger partial charge on any atom is -0.316 e. The molecule has 3 aromatic rings. The highest BCUT2D eigenvalue weighted by Gasteiger charge is 2.35. The van der Waals surface area contributed by atoms with E-state index >= 15 is 0 Å². The van der Waals surface area contributed by atoms with Crippen LogP contribution in [0.5, 0.6) is 0 Å². The number of fused-ring (bicyclic) bond motifs is 1. The van der Waals surface area contributed by atoms with Crippen molar-refractivity contribution in [3.05, 3.63) is 76.1 Å². The standard InChI is InChI=1S/C19H18N6S2/c1-11-7-9-13(10-8-11)25-15(12-5-3-2-4-6-12)14-16(23-19(25)27)21-18(26)22-17(14)24-20/h2-10,15H,20H2,1H3,(H3,21,22,23,24,26,27). The van der Waals surface area contributed by atoms with Crippen molar-refractivity contribution in [1.82, 2.24) is 9.97 Å². The van der Waals surface area contributed by atoms with Crippen molar-refractivity contribution in [1.29, 1.82) is 0 Å². The van der Waals surface area contributed by atoms with Gasteiger partial charge in [0.25, 0.3) is 0 Å². The van der Waals surface area contributed by atoms with E-state index < -0.39 is 0 Å². The number of nitrogens with one attached hydrogen (secondary N) is 3. The average molecular weight is 395 g/mol. The van der Waals surface area contributed by atoms with Gasteiger partial charge in [0.05, 0.1) is 11.6 Å². The lowest BCUT2D eigenvalue weighted by atomic mass is 9.95. The molecular weight excluding hydrogens is 376 g/mol. The molecule has 8 heteroatoms. The number of thiocarbonyl (C=S) groups is 1. The third-order valence-electron chi connectivity index (χ3n) is 4.52. The van der Waals surface area contributed by atoms with E-state index in [4.69, 9.17) is 30.3 Å². The fourth-order valence-electron chi connectivity index (χ4n) is 3.29. The number of nitrogens with two attached hydrogens (primary N) is 1. The van der Waals surface area contributed by atoms with E-state index in [2.05, 4.69) is 68.9 Å². The van der Waals surface area contributed by atoms with Crippen LogP contribution in [-0.4, -0.2) is 15.1 Å². The van der Waals surface area contributed by atoms with E-state index in [1.165, 1.54) is 5.56 Å². The normalized spacial score (nSPS) is 15.9. The molecule has 27 heavy (non-hydrogen) atoms. The van der Waals surface area contributed by atoms with Crippen LogP contribution in [0.15, 0.2) is 54.6 Å². The molecule has 0 spiro atoms. The highest BCUT2D eigenvalue weighted by atomic mass is 32.1. The van der Waals surface area contributed by atoms with Crippen LogP contribution in [0, 0.1) is 11.7 Å². The third-order valence-corrected chi connectivity index (χ3v) is 5.01. The SMILES string of the molecule is Cc1ccc(N2C(=S)Nc3nc(=S)[nH]c(NN)c3C2c2ccccc2)cc1. The molecule has 0 saturated heterocycles. The van der Waals surface area contributed by atoms with Crippen LogP contribution in [0.2, 0.25) is 0 Å². The number of H-pyrrole nitrogens is 1. The van der Waals surface area contributed by atoms with Gasteiger partial charge in [-0.1, -0.05) is 48.0 Å². The second-order valence-electron chi connectivity index (χ2n) is 6.27. The molecule has 0 fully saturated rings. The molecule has 1 atom stereocenters. The maximum absolute atomic E-state index is 5.79. The van der Waals surface area contributed by atoms with Gasteiger partial charge in [0.1, 0.15) is 11.6 Å². The number of anilines is 3. The lowest BCUT2D eigenvalue weighted by molar-refractivity contribution is 0.815. The predicted octanol–water partition coefficient (Wildman–Crippen LogP) is 4.04. The third kappa shape index (κ3) is 3.18. The number of hydrazine groups is 1. The number of rotatable bonds is 3. The second-order valence-corrected chi connectivity index (χ2v) is 7.05. The molecule has 0 bridgehead atoms. The van der Waals surface area contributed by atoms with Crippen molar-refractivity contribution < 1.29 is 0 Å². The fraction of sp³-hybridized carbons (Fsp3) is 0.105. The molecule has 0 saturated carbocycles. The molecule has 1 aliphatic rings. The van der Waals surface area contributed by atoms with E-state index in [-0.39, 0.29) is 6.04 Å². The Balaban J connectivity index is 1.98. The minimum absolute atomic E-state index is 0.219. The zero-order valence-corrected chi connectivity index (χ0v) is 16.2. The lowest BCUT2D eigenvalue weighted by Crippen LogP contribution is -2.44. The van der Waals surface area contributed by atoms with Crippen LogP contribution in [0.4, 0.5) is 17.3 Å². The van der Waals surface area contributed by atoms with Gasteiger partial charge < -0.3 is 20.6 Å². The van der Waals surface area contributed by atoms with Crippen LogP contribution in [0.3, 0.4) is 0 Å². The maximum atomic E-state index is 5.79. The molecule has 4 rings (SSSR count). The monoisotopic (exact) mass is 394 g/mol. The zero-order chi connectivity index (χ0) is 19.0. The first kappa shape index (κ1) is 17.6. The van der Waals surface area contributed by atoms with E-state index in [0.29, 0.717) is 21.5 Å². The Morgan fingerprint density at radius 2 is 1.78 bits per heavy atom. The van der Waals surface area contributed by atoms with Gasteiger partial charge in [0.2, 0.25) is 0 Å². The molecule has 1 aliphatic heterocycles. The van der Waals surface area contributed by atoms with Crippen molar-refractivity contribution >= 4 is 46.9 Å². The van der Waals surface area contributed by atoms with E-state index in [9.17, 15) is 0 Å². The van der Waals surface area contributed by atoms with Crippen LogP contribution in [0.1, 0.15) is 22.7 Å². The van der Waals surface area contributed by atoms with E-state index in [0.717, 1.165) is 16.8 Å². The van der Waals surface area contributed by atoms with E-state index in [1.54, 1.807) is 0 Å². The zero-order valence-electron chi connectivity index (χ0n) is 14.6. The summed E-state index contributed by atoms with van der Waals surface area (Å²) in [6.07, 6.45) is 0. The summed E-state index contributed by atoms with van der Waals surface area (Å²) in [4.78, 5) is 9.53. The Labute approximate surface area is 167 Å². The number of hydrogen-bond acceptors (Lipinski definition) is 5. The van der Waals surface area contributed by atoms with Gasteiger partial charge in [-0.3, -0.25) is 0 Å². The molecule has 136 valence electrons. The van der Waals surface area contributed by atoms with Crippen LogP contribution >= 0.6 is 24.4 Å². The van der Waals surface area contributed by atoms with Gasteiger partial charge >= 0.3 is 0 Å². The van der Waals surface area contributed by atoms with Crippen molar-refractivity contribution in [2.75, 3.05) is 15.6 Å². The average Bonchev–Trinajstić information content (AvgIpc) is 2.67. The number of hydrogen-bond donors (Lipinski definition) is 4. The summed E-state index contributed by atoms with van der Waals surface area (Å²) >= 11 is 10.9. The number of nitrogen functional groups attached to an aromatic ring is 1. The minimum atomic E-state index is -0.219. The van der Waals surface area contributed by atoms with Gasteiger partial charge in [0, 0.05) is 5.69 Å². The van der Waals surface area contributed by atoms with Crippen molar-refractivity contribution in [3.8, 4) is 0 Å². The fourth-order valence-corrected chi connectivity index (χ4v) is 3.79. The Morgan fingerprint density at radius 1 is 1.07 bits per heavy atom. The summed E-state index contributed by atoms with van der Waals surface area (Å²) in [5, 5.41) is 3.75. The molecule has 0 aliphatic carbocycles. The Hall–Kier alpha value is -2.81. The summed E-state index contributed by atoms with van der Waals surface area (Å²) in [6, 6.07) is 18.1. The first-order chi connectivity index (χ1) is 13.1. The van der Waals surface area contributed by atoms with Crippen LogP contribution < -0.4 is 21.5 Å². The highest BCUT2D eigenvalue weighted by Crippen LogP contribution is 2.42. The first-order valence-corrected chi connectivity index (χ1v) is 9.23. The van der Waals surface area contributed by atoms with Crippen molar-refractivity contribution in [2.24, 2.45) is 5.84 Å². The summed E-state index contributed by atoms with van der Waals surface area (Å²) < 4.78 is 0.326. The molecule has 0 radical (unpaired) electrons. The topological polar surface area (TPSA) is 82.0 Å². The quantitative estimate of drug-likeness (QED) is 0.303. The Kier molecular flexibility index (Phi) is 4.61. The molecule has 0 amide bonds. The number of aromatic nitrogens is 2. The van der Waals surface area contributed by atoms with Crippen molar-refractivity contribution in [2.45, 2.75) is 13.0 Å². The summed E-state index contributed by atoms with van der Waals surface area (Å²) in [7, 11) is 0. The molecule has 2 aromatic carbocycles. The summed E-state index contributed by atoms with van der Waals surface area (Å²) in [5.74, 6) is 7.00. The Morgan fingerprint density at radius 3 is 2.44 bits per heavy atom. The molecule has 2 heterocycles. The first-order valence-electron chi connectivity index (χ1n) is 8.41. The van der Waals surface area contributed by atoms with Gasteiger partial charge in [0.15, 0.2) is 9.88 Å². The van der Waals surface area contributed by atoms with Gasteiger partial charge in [-0.05, 0) is 49.1 Å². The van der Waals surface area contributed by atoms with Crippen LogP contribution in [0.25, 0.3) is 0 Å². The molecule has 5 N–H and O–H groups in total. The van der Waals surface area contributed by atoms with Crippen molar-refractivity contribution in [3.63, 3.8) is 0 Å². The van der Waals surface area contributed by atoms with Gasteiger partial charge in [-0.2, -0.15) is 0 Å². The smallest absolute Gasteiger partial charge is 0.200 e. The van der Waals surface area contributed by atoms with Gasteiger partial charge in [-0.15, -0.1) is 0 Å². The number of aromatic amines is 1. The summed E-state index contributed by atoms with van der Waals surface area (Å²) in [5.41, 5.74) is 6.79. The van der Waals surface area contributed by atoms with E-state index in [1.807, 2.05) is 18.2 Å². The predicted molar refractivity (Wildman–Crippen MR) is 115 cm³/mol. The Bertz CT molecular complexity index is 1050. The number of nitrogens with zero attached hydrogens (tertiary/aromatic N) is 2. The molecule has 1 aromatic heterocycles. The summed E-state index contributed by atoms with van der Waals surface area (Å²) in [6.45, 7) is 2.06. The largest absolute Gasteiger partial charge is 0.316 e. The highest BCUT2D eigenvalue weighted by molar-refractivity contribution is 7.80. The maximum Gasteiger partial charge on any atom is 0.200 e. The molecular formula is C19H18N6S2. The lowest BCUT2D eigenvalue weighted by Gasteiger charge is -2.39. The number of benzene rings is 2. The second kappa shape index (κ2) is 7.07. The molecule has 6 nitrogen and oxygen atoms in total. The van der Waals surface area contributed by atoms with Crippen LogP contribution in [-0.2, 0) is 0 Å². The molecule has 1 unspecified atom stereocenters. The van der Waals surface area contributed by atoms with Gasteiger partial charge in [-0.25, -0.2) is 10.8 Å². The number of aryl methyl sites for hydroxylation is 1.